The molecule has 27 heavy (non-hydrogen) atoms. The summed E-state index contributed by atoms with van der Waals surface area (Å²) in [6.45, 7) is 1.95. The number of amides is 1. The van der Waals surface area contributed by atoms with E-state index in [1.165, 1.54) is 0 Å². The summed E-state index contributed by atoms with van der Waals surface area (Å²) in [5.74, 6) is -0.139. The summed E-state index contributed by atoms with van der Waals surface area (Å²) in [5, 5.41) is 3.89. The van der Waals surface area contributed by atoms with Crippen LogP contribution in [0.4, 0.5) is 0 Å². The van der Waals surface area contributed by atoms with E-state index in [1.807, 2.05) is 61.5 Å². The average molecular weight is 354 g/mol. The molecule has 4 rings (SSSR count). The van der Waals surface area contributed by atoms with Crippen LogP contribution in [0.1, 0.15) is 28.9 Å². The lowest BCUT2D eigenvalue weighted by atomic mass is 10.0. The minimum atomic E-state index is -0.150. The highest BCUT2D eigenvalue weighted by molar-refractivity contribution is 6.07. The Morgan fingerprint density at radius 1 is 0.963 bits per heavy atom. The summed E-state index contributed by atoms with van der Waals surface area (Å²) in [7, 11) is 0. The van der Waals surface area contributed by atoms with Gasteiger partial charge in [0, 0.05) is 35.7 Å². The van der Waals surface area contributed by atoms with Crippen molar-refractivity contribution in [3.05, 3.63) is 90.5 Å². The van der Waals surface area contributed by atoms with Crippen LogP contribution in [-0.2, 0) is 0 Å². The number of hydrogen-bond donors (Lipinski definition) is 1. The zero-order valence-corrected chi connectivity index (χ0v) is 14.8. The van der Waals surface area contributed by atoms with Gasteiger partial charge >= 0.3 is 0 Å². The second-order valence-electron chi connectivity index (χ2n) is 6.29. The van der Waals surface area contributed by atoms with Gasteiger partial charge in [0.25, 0.3) is 5.91 Å². The van der Waals surface area contributed by atoms with E-state index in [9.17, 15) is 4.79 Å². The van der Waals surface area contributed by atoms with E-state index >= 15 is 0 Å². The van der Waals surface area contributed by atoms with Crippen LogP contribution in [0.3, 0.4) is 0 Å². The van der Waals surface area contributed by atoms with Crippen LogP contribution in [0.5, 0.6) is 0 Å². The smallest absolute Gasteiger partial charge is 0.252 e. The van der Waals surface area contributed by atoms with Crippen molar-refractivity contribution < 1.29 is 4.79 Å². The molecule has 1 N–H and O–H groups in total. The van der Waals surface area contributed by atoms with Crippen LogP contribution in [0.15, 0.2) is 79.4 Å². The molecule has 132 valence electrons. The molecule has 0 aliphatic carbocycles. The number of fused-ring (bicyclic) bond motifs is 1. The molecule has 0 fully saturated rings. The van der Waals surface area contributed by atoms with Gasteiger partial charge in [0.05, 0.1) is 22.8 Å². The third-order valence-corrected chi connectivity index (χ3v) is 4.47. The Kier molecular flexibility index (Phi) is 4.58. The summed E-state index contributed by atoms with van der Waals surface area (Å²) in [4.78, 5) is 25.9. The van der Waals surface area contributed by atoms with E-state index < -0.39 is 0 Å². The normalized spacial score (nSPS) is 11.9. The number of para-hydroxylation sites is 1. The van der Waals surface area contributed by atoms with Gasteiger partial charge in [0.15, 0.2) is 0 Å². The van der Waals surface area contributed by atoms with Gasteiger partial charge in [-0.05, 0) is 42.8 Å². The number of hydrogen-bond acceptors (Lipinski definition) is 4. The fraction of sp³-hybridized carbons (Fsp3) is 0.0909. The zero-order valence-electron chi connectivity index (χ0n) is 14.8. The lowest BCUT2D eigenvalue weighted by Gasteiger charge is -2.15. The van der Waals surface area contributed by atoms with Gasteiger partial charge in [0.2, 0.25) is 0 Å². The van der Waals surface area contributed by atoms with Gasteiger partial charge in [-0.1, -0.05) is 24.3 Å². The highest BCUT2D eigenvalue weighted by Crippen LogP contribution is 2.25. The van der Waals surface area contributed by atoms with E-state index in [0.29, 0.717) is 5.56 Å². The molecular formula is C22H18N4O. The highest BCUT2D eigenvalue weighted by atomic mass is 16.1. The minimum Gasteiger partial charge on any atom is -0.345 e. The largest absolute Gasteiger partial charge is 0.345 e. The molecule has 3 aromatic heterocycles. The molecule has 3 heterocycles. The number of carbonyl (C=O) groups is 1. The van der Waals surface area contributed by atoms with Crippen LogP contribution in [-0.4, -0.2) is 20.9 Å². The van der Waals surface area contributed by atoms with Crippen LogP contribution in [0.2, 0.25) is 0 Å². The molecule has 0 saturated carbocycles. The van der Waals surface area contributed by atoms with E-state index in [0.717, 1.165) is 27.7 Å². The number of aromatic nitrogens is 3. The van der Waals surface area contributed by atoms with Crippen molar-refractivity contribution in [3.63, 3.8) is 0 Å². The van der Waals surface area contributed by atoms with Crippen molar-refractivity contribution in [2.24, 2.45) is 0 Å². The number of carbonyl (C=O) groups excluding carboxylic acids is 1. The first-order valence-electron chi connectivity index (χ1n) is 8.73. The minimum absolute atomic E-state index is 0.139. The van der Waals surface area contributed by atoms with Crippen molar-refractivity contribution >= 4 is 16.8 Å². The summed E-state index contributed by atoms with van der Waals surface area (Å²) >= 11 is 0. The molecule has 0 aliphatic heterocycles. The van der Waals surface area contributed by atoms with E-state index in [2.05, 4.69) is 15.3 Å². The Labute approximate surface area is 157 Å². The van der Waals surface area contributed by atoms with Crippen LogP contribution in [0.25, 0.3) is 22.2 Å². The summed E-state index contributed by atoms with van der Waals surface area (Å²) < 4.78 is 0. The van der Waals surface area contributed by atoms with Gasteiger partial charge in [-0.2, -0.15) is 0 Å². The van der Waals surface area contributed by atoms with Crippen molar-refractivity contribution in [1.29, 1.82) is 0 Å². The molecule has 5 nitrogen and oxygen atoms in total. The number of nitrogens with zero attached hydrogens (tertiary/aromatic N) is 3. The predicted molar refractivity (Wildman–Crippen MR) is 105 cm³/mol. The van der Waals surface area contributed by atoms with Gasteiger partial charge in [-0.25, -0.2) is 4.98 Å². The lowest BCUT2D eigenvalue weighted by Crippen LogP contribution is -2.27. The number of pyridine rings is 3. The molecule has 0 saturated heterocycles. The van der Waals surface area contributed by atoms with Crippen molar-refractivity contribution in [2.75, 3.05) is 0 Å². The molecule has 1 unspecified atom stereocenters. The summed E-state index contributed by atoms with van der Waals surface area (Å²) in [6, 6.07) is 16.9. The van der Waals surface area contributed by atoms with Crippen LogP contribution >= 0.6 is 0 Å². The van der Waals surface area contributed by atoms with Gasteiger partial charge in [-0.3, -0.25) is 14.8 Å². The topological polar surface area (TPSA) is 67.8 Å². The molecule has 1 atom stereocenters. The molecular weight excluding hydrogens is 336 g/mol. The van der Waals surface area contributed by atoms with Crippen molar-refractivity contribution in [3.8, 4) is 11.3 Å². The van der Waals surface area contributed by atoms with Gasteiger partial charge in [-0.15, -0.1) is 0 Å². The molecule has 0 aliphatic rings. The van der Waals surface area contributed by atoms with Crippen molar-refractivity contribution in [1.82, 2.24) is 20.3 Å². The Bertz CT molecular complexity index is 1080. The Morgan fingerprint density at radius 3 is 2.56 bits per heavy atom. The Balaban J connectivity index is 1.74. The van der Waals surface area contributed by atoms with Crippen LogP contribution in [0, 0.1) is 0 Å². The lowest BCUT2D eigenvalue weighted by molar-refractivity contribution is 0.0941. The molecule has 1 aromatic carbocycles. The number of nitrogens with one attached hydrogen (secondary N) is 1. The van der Waals surface area contributed by atoms with Gasteiger partial charge < -0.3 is 5.32 Å². The first-order chi connectivity index (χ1) is 13.2. The standard InChI is InChI=1S/C22H18N4O/c1-15(17-5-4-10-24-14-17)25-22(27)19-13-21(16-8-11-23-12-9-16)26-20-7-3-2-6-18(19)20/h2-15H,1H3,(H,25,27). The first kappa shape index (κ1) is 16.8. The zero-order chi connectivity index (χ0) is 18.6. The maximum absolute atomic E-state index is 13.1. The molecule has 5 heteroatoms. The third-order valence-electron chi connectivity index (χ3n) is 4.47. The van der Waals surface area contributed by atoms with E-state index in [4.69, 9.17) is 4.98 Å². The average Bonchev–Trinajstić information content (AvgIpc) is 2.74. The monoisotopic (exact) mass is 354 g/mol. The fourth-order valence-corrected chi connectivity index (χ4v) is 3.02. The Morgan fingerprint density at radius 2 is 1.78 bits per heavy atom. The molecule has 1 amide bonds. The maximum atomic E-state index is 13.1. The van der Waals surface area contributed by atoms with E-state index in [1.54, 1.807) is 24.8 Å². The second-order valence-corrected chi connectivity index (χ2v) is 6.29. The summed E-state index contributed by atoms with van der Waals surface area (Å²) in [6.07, 6.45) is 6.92. The fourth-order valence-electron chi connectivity index (χ4n) is 3.02. The number of benzene rings is 1. The quantitative estimate of drug-likeness (QED) is 0.597. The first-order valence-corrected chi connectivity index (χ1v) is 8.73. The van der Waals surface area contributed by atoms with Crippen LogP contribution < -0.4 is 5.32 Å². The second kappa shape index (κ2) is 7.33. The third kappa shape index (κ3) is 3.53. The van der Waals surface area contributed by atoms with Gasteiger partial charge in [0.1, 0.15) is 0 Å². The molecule has 0 bridgehead atoms. The molecule has 4 aromatic rings. The summed E-state index contributed by atoms with van der Waals surface area (Å²) in [5.41, 5.74) is 4.01. The number of rotatable bonds is 4. The Hall–Kier alpha value is -3.60. The highest BCUT2D eigenvalue weighted by Gasteiger charge is 2.16. The SMILES string of the molecule is CC(NC(=O)c1cc(-c2ccncc2)nc2ccccc12)c1cccnc1. The van der Waals surface area contributed by atoms with E-state index in [-0.39, 0.29) is 11.9 Å². The molecule has 0 spiro atoms. The predicted octanol–water partition coefficient (Wildman–Crippen LogP) is 4.18. The van der Waals surface area contributed by atoms with Crippen molar-refractivity contribution in [2.45, 2.75) is 13.0 Å². The maximum Gasteiger partial charge on any atom is 0.252 e. The molecule has 0 radical (unpaired) electrons.